The molecule has 0 saturated carbocycles. The van der Waals surface area contributed by atoms with E-state index in [9.17, 15) is 4.79 Å². The van der Waals surface area contributed by atoms with Gasteiger partial charge in [0.1, 0.15) is 4.88 Å². The molecule has 1 heterocycles. The predicted octanol–water partition coefficient (Wildman–Crippen LogP) is 2.48. The van der Waals surface area contributed by atoms with Crippen LogP contribution in [-0.4, -0.2) is 27.4 Å². The molecule has 1 aromatic rings. The number of aromatic nitrogens is 2. The number of aryl methyl sites for hydroxylation is 1. The number of amides is 1. The van der Waals surface area contributed by atoms with Gasteiger partial charge in [0, 0.05) is 6.54 Å². The molecule has 17 heavy (non-hydrogen) atoms. The molecule has 1 N–H and O–H groups in total. The van der Waals surface area contributed by atoms with Gasteiger partial charge < -0.3 is 5.32 Å². The molecule has 1 amide bonds. The molecule has 1 rings (SSSR count). The molecule has 1 aromatic heterocycles. The lowest BCUT2D eigenvalue weighted by Crippen LogP contribution is -2.32. The van der Waals surface area contributed by atoms with Gasteiger partial charge in [0.2, 0.25) is 0 Å². The first kappa shape index (κ1) is 14.4. The number of hydrogen-bond acceptors (Lipinski definition) is 4. The first-order valence-corrected chi connectivity index (χ1v) is 7.00. The van der Waals surface area contributed by atoms with Crippen LogP contribution in [0, 0.1) is 5.92 Å². The number of rotatable bonds is 6. The molecule has 1 atom stereocenters. The van der Waals surface area contributed by atoms with Crippen LogP contribution in [0.2, 0.25) is 0 Å². The molecule has 4 nitrogen and oxygen atoms in total. The molecule has 0 radical (unpaired) electrons. The minimum Gasteiger partial charge on any atom is -0.350 e. The van der Waals surface area contributed by atoms with E-state index < -0.39 is 0 Å². The molecular weight excluding hydrogens is 258 g/mol. The summed E-state index contributed by atoms with van der Waals surface area (Å²) in [7, 11) is 0. The Hall–Kier alpha value is -0.680. The van der Waals surface area contributed by atoms with Crippen LogP contribution >= 0.6 is 23.1 Å². The maximum atomic E-state index is 11.9. The van der Waals surface area contributed by atoms with Crippen molar-refractivity contribution >= 4 is 29.0 Å². The molecule has 0 aliphatic heterocycles. The van der Waals surface area contributed by atoms with E-state index in [1.807, 2.05) is 13.8 Å². The van der Waals surface area contributed by atoms with Crippen LogP contribution in [0.3, 0.4) is 0 Å². The quantitative estimate of drug-likeness (QED) is 0.812. The molecule has 0 aromatic carbocycles. The summed E-state index contributed by atoms with van der Waals surface area (Å²) in [5.41, 5.74) is 0.783. The van der Waals surface area contributed by atoms with Crippen molar-refractivity contribution in [3.05, 3.63) is 10.6 Å². The summed E-state index contributed by atoms with van der Waals surface area (Å²) in [6.07, 6.45) is 1.74. The summed E-state index contributed by atoms with van der Waals surface area (Å²) >= 11 is 7.22. The first-order valence-electron chi connectivity index (χ1n) is 5.79. The van der Waals surface area contributed by atoms with Gasteiger partial charge >= 0.3 is 0 Å². The molecular formula is C11H18ClN3OS. The van der Waals surface area contributed by atoms with Crippen molar-refractivity contribution in [3.63, 3.8) is 0 Å². The van der Waals surface area contributed by atoms with Crippen LogP contribution in [0.15, 0.2) is 0 Å². The lowest BCUT2D eigenvalue weighted by Gasteiger charge is -2.13. The van der Waals surface area contributed by atoms with Crippen LogP contribution in [0.1, 0.15) is 42.6 Å². The maximum Gasteiger partial charge on any atom is 0.265 e. The molecule has 96 valence electrons. The van der Waals surface area contributed by atoms with Gasteiger partial charge in [-0.25, -0.2) is 0 Å². The Balaban J connectivity index is 2.55. The second-order valence-corrected chi connectivity index (χ2v) is 5.58. The number of alkyl halides is 1. The van der Waals surface area contributed by atoms with Crippen molar-refractivity contribution in [2.45, 2.75) is 39.0 Å². The fourth-order valence-corrected chi connectivity index (χ4v) is 1.99. The second kappa shape index (κ2) is 6.91. The van der Waals surface area contributed by atoms with Gasteiger partial charge in [0.05, 0.1) is 11.1 Å². The number of carbonyl (C=O) groups excluding carboxylic acids is 1. The van der Waals surface area contributed by atoms with E-state index in [1.54, 1.807) is 0 Å². The molecule has 1 unspecified atom stereocenters. The smallest absolute Gasteiger partial charge is 0.265 e. The van der Waals surface area contributed by atoms with Gasteiger partial charge in [0.25, 0.3) is 5.91 Å². The molecule has 0 fully saturated rings. The summed E-state index contributed by atoms with van der Waals surface area (Å²) in [6.45, 7) is 6.58. The highest BCUT2D eigenvalue weighted by molar-refractivity contribution is 7.08. The van der Waals surface area contributed by atoms with E-state index in [0.29, 0.717) is 17.3 Å². The third-order valence-electron chi connectivity index (χ3n) is 2.43. The predicted molar refractivity (Wildman–Crippen MR) is 70.7 cm³/mol. The fourth-order valence-electron chi connectivity index (χ4n) is 1.29. The largest absolute Gasteiger partial charge is 0.350 e. The van der Waals surface area contributed by atoms with Crippen molar-refractivity contribution in [2.24, 2.45) is 5.92 Å². The van der Waals surface area contributed by atoms with E-state index in [-0.39, 0.29) is 11.3 Å². The lowest BCUT2D eigenvalue weighted by atomic mass is 10.1. The minimum atomic E-state index is -0.116. The monoisotopic (exact) mass is 275 g/mol. The van der Waals surface area contributed by atoms with Crippen molar-refractivity contribution in [1.82, 2.24) is 14.9 Å². The highest BCUT2D eigenvalue weighted by Crippen LogP contribution is 2.13. The standard InChI is InChI=1S/C11H18ClN3OS/c1-4-5-9-10(17-15-14-9)11(16)13-6-8(12)7(2)3/h7-8H,4-6H2,1-3H3,(H,13,16). The fraction of sp³-hybridized carbons (Fsp3) is 0.727. The SMILES string of the molecule is CCCc1nnsc1C(=O)NCC(Cl)C(C)C. The van der Waals surface area contributed by atoms with Gasteiger partial charge in [-0.3, -0.25) is 4.79 Å². The summed E-state index contributed by atoms with van der Waals surface area (Å²) in [4.78, 5) is 12.5. The van der Waals surface area contributed by atoms with E-state index in [2.05, 4.69) is 21.8 Å². The Morgan fingerprint density at radius 3 is 2.82 bits per heavy atom. The number of nitrogens with zero attached hydrogens (tertiary/aromatic N) is 2. The molecule has 0 aliphatic rings. The van der Waals surface area contributed by atoms with Crippen LogP contribution in [0.25, 0.3) is 0 Å². The van der Waals surface area contributed by atoms with Gasteiger partial charge in [-0.2, -0.15) is 0 Å². The third kappa shape index (κ3) is 4.24. The van der Waals surface area contributed by atoms with Crippen molar-refractivity contribution in [1.29, 1.82) is 0 Å². The first-order chi connectivity index (χ1) is 8.06. The second-order valence-electron chi connectivity index (χ2n) is 4.27. The maximum absolute atomic E-state index is 11.9. The van der Waals surface area contributed by atoms with Crippen LogP contribution < -0.4 is 5.32 Å². The topological polar surface area (TPSA) is 54.9 Å². The Kier molecular flexibility index (Phi) is 5.85. The van der Waals surface area contributed by atoms with Crippen molar-refractivity contribution in [2.75, 3.05) is 6.54 Å². The molecule has 0 saturated heterocycles. The highest BCUT2D eigenvalue weighted by Gasteiger charge is 2.17. The summed E-state index contributed by atoms with van der Waals surface area (Å²) < 4.78 is 3.82. The van der Waals surface area contributed by atoms with Gasteiger partial charge in [0.15, 0.2) is 0 Å². The molecule has 6 heteroatoms. The lowest BCUT2D eigenvalue weighted by molar-refractivity contribution is 0.0955. The Morgan fingerprint density at radius 2 is 2.24 bits per heavy atom. The average molecular weight is 276 g/mol. The van der Waals surface area contributed by atoms with E-state index in [1.165, 1.54) is 0 Å². The number of carbonyl (C=O) groups is 1. The number of halogens is 1. The van der Waals surface area contributed by atoms with Crippen LogP contribution in [-0.2, 0) is 6.42 Å². The Bertz CT molecular complexity index is 367. The van der Waals surface area contributed by atoms with Gasteiger partial charge in [-0.15, -0.1) is 16.7 Å². The Labute approximate surface area is 111 Å². The van der Waals surface area contributed by atoms with E-state index >= 15 is 0 Å². The average Bonchev–Trinajstić information content (AvgIpc) is 2.74. The van der Waals surface area contributed by atoms with Crippen molar-refractivity contribution < 1.29 is 4.79 Å². The zero-order valence-electron chi connectivity index (χ0n) is 10.4. The third-order valence-corrected chi connectivity index (χ3v) is 3.85. The van der Waals surface area contributed by atoms with Crippen LogP contribution in [0.5, 0.6) is 0 Å². The molecule has 0 aliphatic carbocycles. The van der Waals surface area contributed by atoms with E-state index in [0.717, 1.165) is 30.1 Å². The zero-order chi connectivity index (χ0) is 12.8. The highest BCUT2D eigenvalue weighted by atomic mass is 35.5. The molecule has 0 spiro atoms. The van der Waals surface area contributed by atoms with Crippen molar-refractivity contribution in [3.8, 4) is 0 Å². The minimum absolute atomic E-state index is 0.0468. The normalized spacial score (nSPS) is 12.8. The van der Waals surface area contributed by atoms with E-state index in [4.69, 9.17) is 11.6 Å². The number of hydrogen-bond donors (Lipinski definition) is 1. The van der Waals surface area contributed by atoms with Gasteiger partial charge in [-0.05, 0) is 23.9 Å². The molecule has 0 bridgehead atoms. The zero-order valence-corrected chi connectivity index (χ0v) is 11.9. The summed E-state index contributed by atoms with van der Waals surface area (Å²) in [5, 5.41) is 6.74. The Morgan fingerprint density at radius 1 is 1.53 bits per heavy atom. The summed E-state index contributed by atoms with van der Waals surface area (Å²) in [6, 6.07) is 0. The van der Waals surface area contributed by atoms with Gasteiger partial charge in [-0.1, -0.05) is 31.7 Å². The van der Waals surface area contributed by atoms with Crippen LogP contribution in [0.4, 0.5) is 0 Å². The summed E-state index contributed by atoms with van der Waals surface area (Å²) in [5.74, 6) is 0.224. The number of nitrogens with one attached hydrogen (secondary N) is 1.